The van der Waals surface area contributed by atoms with Crippen molar-refractivity contribution in [2.75, 3.05) is 7.11 Å². The van der Waals surface area contributed by atoms with E-state index in [0.29, 0.717) is 16.5 Å². The Morgan fingerprint density at radius 2 is 2.27 bits per heavy atom. The lowest BCUT2D eigenvalue weighted by Gasteiger charge is -2.08. The van der Waals surface area contributed by atoms with Gasteiger partial charge < -0.3 is 4.74 Å². The average molecular weight is 268 g/mol. The van der Waals surface area contributed by atoms with Crippen molar-refractivity contribution in [3.8, 4) is 6.07 Å². The normalized spacial score (nSPS) is 9.47. The first-order valence-electron chi connectivity index (χ1n) is 4.32. The molecule has 0 bridgehead atoms. The standard InChI is InChI=1S/C11H10BrNO2/c1-7-8(5-12)3-4-9(10(7)6-13)11(14)15-2/h3-4H,5H2,1-2H3. The summed E-state index contributed by atoms with van der Waals surface area (Å²) < 4.78 is 4.61. The highest BCUT2D eigenvalue weighted by Crippen LogP contribution is 2.20. The second kappa shape index (κ2) is 4.94. The minimum absolute atomic E-state index is 0.321. The number of esters is 1. The molecule has 0 aliphatic carbocycles. The third-order valence-electron chi connectivity index (χ3n) is 2.24. The van der Waals surface area contributed by atoms with Crippen molar-refractivity contribution in [1.29, 1.82) is 5.26 Å². The zero-order chi connectivity index (χ0) is 11.4. The quantitative estimate of drug-likeness (QED) is 0.611. The minimum atomic E-state index is -0.476. The summed E-state index contributed by atoms with van der Waals surface area (Å²) in [4.78, 5) is 11.4. The SMILES string of the molecule is COC(=O)c1ccc(CBr)c(C)c1C#N. The van der Waals surface area contributed by atoms with Crippen molar-refractivity contribution in [1.82, 2.24) is 0 Å². The van der Waals surface area contributed by atoms with E-state index in [4.69, 9.17) is 5.26 Å². The van der Waals surface area contributed by atoms with Crippen LogP contribution < -0.4 is 0 Å². The Kier molecular flexibility index (Phi) is 3.87. The number of alkyl halides is 1. The molecule has 1 rings (SSSR count). The summed E-state index contributed by atoms with van der Waals surface area (Å²) in [6.07, 6.45) is 0. The Balaban J connectivity index is 3.39. The Bertz CT molecular complexity index is 435. The van der Waals surface area contributed by atoms with Crippen LogP contribution in [0, 0.1) is 18.3 Å². The maximum atomic E-state index is 11.4. The Morgan fingerprint density at radius 1 is 1.60 bits per heavy atom. The van der Waals surface area contributed by atoms with Gasteiger partial charge in [-0.15, -0.1) is 0 Å². The fourth-order valence-corrected chi connectivity index (χ4v) is 1.93. The molecule has 0 spiro atoms. The van der Waals surface area contributed by atoms with Crippen LogP contribution in [0.15, 0.2) is 12.1 Å². The first kappa shape index (κ1) is 11.7. The van der Waals surface area contributed by atoms with Crippen LogP contribution in [-0.4, -0.2) is 13.1 Å². The lowest BCUT2D eigenvalue weighted by Crippen LogP contribution is -2.06. The van der Waals surface area contributed by atoms with Crippen LogP contribution in [0.5, 0.6) is 0 Å². The van der Waals surface area contributed by atoms with Gasteiger partial charge in [-0.25, -0.2) is 4.79 Å². The third kappa shape index (κ3) is 2.18. The molecule has 0 N–H and O–H groups in total. The fraction of sp³-hybridized carbons (Fsp3) is 0.273. The number of benzene rings is 1. The monoisotopic (exact) mass is 267 g/mol. The molecule has 78 valence electrons. The van der Waals surface area contributed by atoms with Gasteiger partial charge in [-0.2, -0.15) is 5.26 Å². The van der Waals surface area contributed by atoms with Gasteiger partial charge in [0.25, 0.3) is 0 Å². The molecule has 3 nitrogen and oxygen atoms in total. The van der Waals surface area contributed by atoms with Gasteiger partial charge in [0.05, 0.1) is 18.2 Å². The molecule has 0 radical (unpaired) electrons. The third-order valence-corrected chi connectivity index (χ3v) is 2.84. The Morgan fingerprint density at radius 3 is 2.73 bits per heavy atom. The fourth-order valence-electron chi connectivity index (χ4n) is 1.32. The molecule has 1 aromatic rings. The molecular formula is C11H10BrNO2. The number of methoxy groups -OCH3 is 1. The van der Waals surface area contributed by atoms with Crippen LogP contribution in [0.4, 0.5) is 0 Å². The maximum Gasteiger partial charge on any atom is 0.339 e. The van der Waals surface area contributed by atoms with Gasteiger partial charge in [0.2, 0.25) is 0 Å². The van der Waals surface area contributed by atoms with Crippen molar-refractivity contribution in [3.05, 3.63) is 34.4 Å². The van der Waals surface area contributed by atoms with Gasteiger partial charge in [-0.1, -0.05) is 22.0 Å². The van der Waals surface area contributed by atoms with Crippen LogP contribution in [-0.2, 0) is 10.1 Å². The van der Waals surface area contributed by atoms with E-state index in [0.717, 1.165) is 11.1 Å². The van der Waals surface area contributed by atoms with Crippen molar-refractivity contribution in [2.24, 2.45) is 0 Å². The number of nitriles is 1. The largest absolute Gasteiger partial charge is 0.465 e. The predicted molar refractivity (Wildman–Crippen MR) is 59.9 cm³/mol. The Hall–Kier alpha value is -1.34. The predicted octanol–water partition coefficient (Wildman–Crippen LogP) is 2.55. The smallest absolute Gasteiger partial charge is 0.339 e. The molecule has 0 unspecified atom stereocenters. The van der Waals surface area contributed by atoms with Crippen LogP contribution in [0.3, 0.4) is 0 Å². The number of nitrogens with zero attached hydrogens (tertiary/aromatic N) is 1. The van der Waals surface area contributed by atoms with Crippen LogP contribution in [0.1, 0.15) is 27.0 Å². The second-order valence-corrected chi connectivity index (χ2v) is 3.57. The van der Waals surface area contributed by atoms with Gasteiger partial charge in [0.15, 0.2) is 0 Å². The minimum Gasteiger partial charge on any atom is -0.465 e. The molecule has 0 amide bonds. The molecular weight excluding hydrogens is 258 g/mol. The molecule has 0 fully saturated rings. The van der Waals surface area contributed by atoms with E-state index in [-0.39, 0.29) is 0 Å². The van der Waals surface area contributed by atoms with Crippen LogP contribution in [0.2, 0.25) is 0 Å². The summed E-state index contributed by atoms with van der Waals surface area (Å²) in [7, 11) is 1.30. The first-order valence-corrected chi connectivity index (χ1v) is 5.44. The van der Waals surface area contributed by atoms with Crippen LogP contribution in [0.25, 0.3) is 0 Å². The van der Waals surface area contributed by atoms with E-state index in [1.807, 2.05) is 19.1 Å². The molecule has 0 aliphatic rings. The maximum absolute atomic E-state index is 11.4. The number of carbonyl (C=O) groups is 1. The Labute approximate surface area is 96.8 Å². The summed E-state index contributed by atoms with van der Waals surface area (Å²) in [5.74, 6) is -0.476. The molecule has 0 aliphatic heterocycles. The van der Waals surface area contributed by atoms with E-state index in [1.54, 1.807) is 6.07 Å². The lowest BCUT2D eigenvalue weighted by molar-refractivity contribution is 0.0600. The topological polar surface area (TPSA) is 50.1 Å². The second-order valence-electron chi connectivity index (χ2n) is 3.01. The van der Waals surface area contributed by atoms with E-state index in [9.17, 15) is 4.79 Å². The number of hydrogen-bond donors (Lipinski definition) is 0. The van der Waals surface area contributed by atoms with E-state index >= 15 is 0 Å². The zero-order valence-corrected chi connectivity index (χ0v) is 10.1. The molecule has 0 heterocycles. The van der Waals surface area contributed by atoms with E-state index in [1.165, 1.54) is 7.11 Å². The highest BCUT2D eigenvalue weighted by Gasteiger charge is 2.15. The molecule has 0 saturated carbocycles. The highest BCUT2D eigenvalue weighted by atomic mass is 79.9. The summed E-state index contributed by atoms with van der Waals surface area (Å²) >= 11 is 3.32. The van der Waals surface area contributed by atoms with E-state index < -0.39 is 5.97 Å². The zero-order valence-electron chi connectivity index (χ0n) is 8.50. The van der Waals surface area contributed by atoms with E-state index in [2.05, 4.69) is 20.7 Å². The van der Waals surface area contributed by atoms with Gasteiger partial charge >= 0.3 is 5.97 Å². The molecule has 4 heteroatoms. The summed E-state index contributed by atoms with van der Waals surface area (Å²) in [6.45, 7) is 1.82. The van der Waals surface area contributed by atoms with Crippen molar-refractivity contribution >= 4 is 21.9 Å². The average Bonchev–Trinajstić information content (AvgIpc) is 2.27. The van der Waals surface area contributed by atoms with Crippen molar-refractivity contribution in [2.45, 2.75) is 12.3 Å². The lowest BCUT2D eigenvalue weighted by atomic mass is 9.99. The van der Waals surface area contributed by atoms with Crippen molar-refractivity contribution in [3.63, 3.8) is 0 Å². The molecule has 0 atom stereocenters. The van der Waals surface area contributed by atoms with Gasteiger partial charge in [-0.3, -0.25) is 0 Å². The highest BCUT2D eigenvalue weighted by molar-refractivity contribution is 9.08. The van der Waals surface area contributed by atoms with Crippen molar-refractivity contribution < 1.29 is 9.53 Å². The summed E-state index contributed by atoms with van der Waals surface area (Å²) in [5, 5.41) is 9.65. The van der Waals surface area contributed by atoms with Gasteiger partial charge in [-0.05, 0) is 24.1 Å². The molecule has 0 saturated heterocycles. The van der Waals surface area contributed by atoms with Gasteiger partial charge in [0, 0.05) is 5.33 Å². The van der Waals surface area contributed by atoms with Gasteiger partial charge in [0.1, 0.15) is 6.07 Å². The van der Waals surface area contributed by atoms with Crippen LogP contribution >= 0.6 is 15.9 Å². The number of rotatable bonds is 2. The number of ether oxygens (including phenoxy) is 1. The number of carbonyl (C=O) groups excluding carboxylic acids is 1. The molecule has 0 aromatic heterocycles. The number of hydrogen-bond acceptors (Lipinski definition) is 3. The summed E-state index contributed by atoms with van der Waals surface area (Å²) in [5.41, 5.74) is 2.53. The molecule has 15 heavy (non-hydrogen) atoms. The molecule has 1 aromatic carbocycles. The number of halogens is 1. The first-order chi connectivity index (χ1) is 7.15. The summed E-state index contributed by atoms with van der Waals surface area (Å²) in [6, 6.07) is 5.47.